The van der Waals surface area contributed by atoms with E-state index < -0.39 is 0 Å². The largest absolute Gasteiger partial charge is 0.494 e. The zero-order valence-corrected chi connectivity index (χ0v) is 11.8. The van der Waals surface area contributed by atoms with Crippen LogP contribution >= 0.6 is 0 Å². The molecule has 1 N–H and O–H groups in total. The van der Waals surface area contributed by atoms with Crippen molar-refractivity contribution < 1.29 is 23.4 Å². The molecule has 6 heteroatoms. The summed E-state index contributed by atoms with van der Waals surface area (Å²) in [6.07, 6.45) is 1.84. The van der Waals surface area contributed by atoms with E-state index in [4.69, 9.17) is 14.2 Å². The lowest BCUT2D eigenvalue weighted by atomic mass is 10.2. The highest BCUT2D eigenvalue weighted by Crippen LogP contribution is 2.11. The van der Waals surface area contributed by atoms with E-state index >= 15 is 0 Å². The first-order valence-corrected chi connectivity index (χ1v) is 7.08. The molecule has 0 aliphatic carbocycles. The molecule has 1 saturated heterocycles. The van der Waals surface area contributed by atoms with Crippen LogP contribution in [-0.4, -0.2) is 38.6 Å². The van der Waals surface area contributed by atoms with Crippen molar-refractivity contribution >= 4 is 5.91 Å². The molecular weight excluding hydrogens is 277 g/mol. The number of carbonyl (C=O) groups excluding carboxylic acids is 1. The highest BCUT2D eigenvalue weighted by molar-refractivity contribution is 5.75. The molecule has 1 amide bonds. The Morgan fingerprint density at radius 1 is 1.38 bits per heavy atom. The van der Waals surface area contributed by atoms with Crippen LogP contribution in [0.2, 0.25) is 0 Å². The number of hydrogen-bond acceptors (Lipinski definition) is 4. The SMILES string of the molecule is O=C(CCCOc1ccc(F)cc1)NC[C@@H]1CCOCO1. The van der Waals surface area contributed by atoms with Gasteiger partial charge in [-0.2, -0.15) is 0 Å². The van der Waals surface area contributed by atoms with Crippen molar-refractivity contribution in [1.82, 2.24) is 5.32 Å². The second-order valence-corrected chi connectivity index (χ2v) is 4.81. The molecule has 1 fully saturated rings. The highest BCUT2D eigenvalue weighted by atomic mass is 19.1. The van der Waals surface area contributed by atoms with E-state index in [1.165, 1.54) is 12.1 Å². The van der Waals surface area contributed by atoms with Gasteiger partial charge in [-0.3, -0.25) is 4.79 Å². The van der Waals surface area contributed by atoms with Gasteiger partial charge in [-0.05, 0) is 37.1 Å². The molecule has 5 nitrogen and oxygen atoms in total. The minimum Gasteiger partial charge on any atom is -0.494 e. The maximum Gasteiger partial charge on any atom is 0.220 e. The molecule has 0 aromatic heterocycles. The summed E-state index contributed by atoms with van der Waals surface area (Å²) in [5, 5.41) is 2.83. The molecule has 1 aromatic rings. The van der Waals surface area contributed by atoms with Gasteiger partial charge in [0.25, 0.3) is 0 Å². The minimum absolute atomic E-state index is 0.0206. The van der Waals surface area contributed by atoms with Gasteiger partial charge in [0.05, 0.1) is 19.3 Å². The molecule has 116 valence electrons. The van der Waals surface area contributed by atoms with Gasteiger partial charge >= 0.3 is 0 Å². The summed E-state index contributed by atoms with van der Waals surface area (Å²) in [6.45, 7) is 1.91. The van der Waals surface area contributed by atoms with Crippen LogP contribution in [0.1, 0.15) is 19.3 Å². The summed E-state index contributed by atoms with van der Waals surface area (Å²) < 4.78 is 28.5. The molecule has 0 radical (unpaired) electrons. The highest BCUT2D eigenvalue weighted by Gasteiger charge is 2.14. The number of benzene rings is 1. The topological polar surface area (TPSA) is 56.8 Å². The smallest absolute Gasteiger partial charge is 0.220 e. The van der Waals surface area contributed by atoms with Crippen LogP contribution < -0.4 is 10.1 Å². The molecule has 1 aromatic carbocycles. The van der Waals surface area contributed by atoms with Crippen molar-refractivity contribution in [2.75, 3.05) is 26.6 Å². The first kappa shape index (κ1) is 15.7. The zero-order chi connectivity index (χ0) is 14.9. The summed E-state index contributed by atoms with van der Waals surface area (Å²) in [5.41, 5.74) is 0. The fourth-order valence-electron chi connectivity index (χ4n) is 1.93. The number of rotatable bonds is 7. The molecule has 1 aliphatic rings. The third-order valence-corrected chi connectivity index (χ3v) is 3.13. The average molecular weight is 297 g/mol. The van der Waals surface area contributed by atoms with Gasteiger partial charge in [-0.25, -0.2) is 4.39 Å². The maximum absolute atomic E-state index is 12.7. The Hall–Kier alpha value is -1.66. The van der Waals surface area contributed by atoms with Gasteiger partial charge in [-0.1, -0.05) is 0 Å². The lowest BCUT2D eigenvalue weighted by Crippen LogP contribution is -2.37. The Labute approximate surface area is 123 Å². The van der Waals surface area contributed by atoms with Crippen LogP contribution in [0, 0.1) is 5.82 Å². The third kappa shape index (κ3) is 6.10. The first-order chi connectivity index (χ1) is 10.2. The summed E-state index contributed by atoms with van der Waals surface area (Å²) >= 11 is 0. The molecule has 0 unspecified atom stereocenters. The van der Waals surface area contributed by atoms with Gasteiger partial charge in [0.15, 0.2) is 0 Å². The molecule has 21 heavy (non-hydrogen) atoms. The van der Waals surface area contributed by atoms with Crippen molar-refractivity contribution in [2.24, 2.45) is 0 Å². The molecule has 0 spiro atoms. The van der Waals surface area contributed by atoms with E-state index in [2.05, 4.69) is 5.32 Å². The third-order valence-electron chi connectivity index (χ3n) is 3.13. The number of halogens is 1. The Balaban J connectivity index is 1.53. The second-order valence-electron chi connectivity index (χ2n) is 4.81. The predicted molar refractivity (Wildman–Crippen MR) is 74.4 cm³/mol. The number of amides is 1. The number of hydrogen-bond donors (Lipinski definition) is 1. The molecule has 1 heterocycles. The van der Waals surface area contributed by atoms with E-state index in [0.717, 1.165) is 6.42 Å². The van der Waals surface area contributed by atoms with Crippen molar-refractivity contribution in [1.29, 1.82) is 0 Å². The van der Waals surface area contributed by atoms with Crippen molar-refractivity contribution in [3.05, 3.63) is 30.1 Å². The normalized spacial score (nSPS) is 18.2. The van der Waals surface area contributed by atoms with E-state index in [9.17, 15) is 9.18 Å². The number of carbonyl (C=O) groups is 1. The van der Waals surface area contributed by atoms with Crippen LogP contribution in [0.5, 0.6) is 5.75 Å². The van der Waals surface area contributed by atoms with Crippen molar-refractivity contribution in [2.45, 2.75) is 25.4 Å². The van der Waals surface area contributed by atoms with Gasteiger partial charge in [0, 0.05) is 13.0 Å². The number of ether oxygens (including phenoxy) is 3. The van der Waals surface area contributed by atoms with Crippen LogP contribution in [-0.2, 0) is 14.3 Å². The Bertz CT molecular complexity index is 432. The van der Waals surface area contributed by atoms with Crippen molar-refractivity contribution in [3.8, 4) is 5.75 Å². The Kier molecular flexibility index (Phi) is 6.43. The predicted octanol–water partition coefficient (Wildman–Crippen LogP) is 1.86. The molecule has 0 bridgehead atoms. The van der Waals surface area contributed by atoms with Crippen LogP contribution in [0.15, 0.2) is 24.3 Å². The Morgan fingerprint density at radius 2 is 2.19 bits per heavy atom. The van der Waals surface area contributed by atoms with Crippen LogP contribution in [0.4, 0.5) is 4.39 Å². The van der Waals surface area contributed by atoms with Crippen LogP contribution in [0.3, 0.4) is 0 Å². The van der Waals surface area contributed by atoms with Crippen molar-refractivity contribution in [3.63, 3.8) is 0 Å². The minimum atomic E-state index is -0.294. The lowest BCUT2D eigenvalue weighted by Gasteiger charge is -2.22. The van der Waals surface area contributed by atoms with Gasteiger partial charge in [0.2, 0.25) is 5.91 Å². The average Bonchev–Trinajstić information content (AvgIpc) is 2.52. The fourth-order valence-corrected chi connectivity index (χ4v) is 1.93. The standard InChI is InChI=1S/C15H20FNO4/c16-12-3-5-13(6-4-12)20-8-1-2-15(18)17-10-14-7-9-19-11-21-14/h3-6,14H,1-2,7-11H2,(H,17,18)/t14-/m0/s1. The van der Waals surface area contributed by atoms with E-state index in [1.807, 2.05) is 0 Å². The van der Waals surface area contributed by atoms with E-state index in [1.54, 1.807) is 12.1 Å². The molecular formula is C15H20FNO4. The number of nitrogens with one attached hydrogen (secondary N) is 1. The van der Waals surface area contributed by atoms with Gasteiger partial charge < -0.3 is 19.5 Å². The molecule has 0 saturated carbocycles. The lowest BCUT2D eigenvalue weighted by molar-refractivity contribution is -0.141. The quantitative estimate of drug-likeness (QED) is 0.781. The Morgan fingerprint density at radius 3 is 2.90 bits per heavy atom. The summed E-state index contributed by atoms with van der Waals surface area (Å²) in [7, 11) is 0. The van der Waals surface area contributed by atoms with Gasteiger partial charge in [0.1, 0.15) is 18.4 Å². The maximum atomic E-state index is 12.7. The molecule has 1 aliphatic heterocycles. The zero-order valence-electron chi connectivity index (χ0n) is 11.8. The summed E-state index contributed by atoms with van der Waals surface area (Å²) in [5.74, 6) is 0.289. The first-order valence-electron chi connectivity index (χ1n) is 7.08. The second kappa shape index (κ2) is 8.59. The molecule has 1 atom stereocenters. The molecule has 2 rings (SSSR count). The van der Waals surface area contributed by atoms with E-state index in [-0.39, 0.29) is 17.8 Å². The van der Waals surface area contributed by atoms with E-state index in [0.29, 0.717) is 45.1 Å². The monoisotopic (exact) mass is 297 g/mol. The summed E-state index contributed by atoms with van der Waals surface area (Å²) in [6, 6.07) is 5.82. The van der Waals surface area contributed by atoms with Crippen LogP contribution in [0.25, 0.3) is 0 Å². The fraction of sp³-hybridized carbons (Fsp3) is 0.533. The van der Waals surface area contributed by atoms with Gasteiger partial charge in [-0.15, -0.1) is 0 Å². The summed E-state index contributed by atoms with van der Waals surface area (Å²) in [4.78, 5) is 11.6.